The van der Waals surface area contributed by atoms with Crippen molar-refractivity contribution in [2.24, 2.45) is 0 Å². The van der Waals surface area contributed by atoms with Crippen LogP contribution in [0.15, 0.2) is 24.3 Å². The molecular formula is C19H22N2O5S2. The number of imide groups is 1. The quantitative estimate of drug-likeness (QED) is 0.318. The highest BCUT2D eigenvalue weighted by Gasteiger charge is 2.41. The molecule has 28 heavy (non-hydrogen) atoms. The van der Waals surface area contributed by atoms with E-state index in [0.29, 0.717) is 28.8 Å². The number of thiocarbonyl (C=S) groups is 1. The number of rotatable bonds is 3. The number of carbonyl (C=O) groups excluding carboxylic acids is 3. The Morgan fingerprint density at radius 1 is 1.18 bits per heavy atom. The third-order valence-corrected chi connectivity index (χ3v) is 6.04. The minimum atomic E-state index is -0.540. The summed E-state index contributed by atoms with van der Waals surface area (Å²) in [4.78, 5) is 39.5. The Bertz CT molecular complexity index is 788. The molecule has 0 saturated carbocycles. The van der Waals surface area contributed by atoms with Gasteiger partial charge in [0.15, 0.2) is 0 Å². The van der Waals surface area contributed by atoms with E-state index in [-0.39, 0.29) is 30.4 Å². The first-order chi connectivity index (χ1) is 13.2. The summed E-state index contributed by atoms with van der Waals surface area (Å²) in [6.45, 7) is 6.63. The van der Waals surface area contributed by atoms with Crippen LogP contribution in [0.4, 0.5) is 5.69 Å². The first-order valence-corrected chi connectivity index (χ1v) is 10.3. The van der Waals surface area contributed by atoms with Crippen LogP contribution in [0.1, 0.15) is 27.2 Å². The second-order valence-corrected chi connectivity index (χ2v) is 8.73. The van der Waals surface area contributed by atoms with Gasteiger partial charge in [0.25, 0.3) is 0 Å². The molecule has 0 unspecified atom stereocenters. The van der Waals surface area contributed by atoms with Crippen LogP contribution in [0.5, 0.6) is 5.75 Å². The molecule has 2 aliphatic heterocycles. The maximum Gasteiger partial charge on any atom is 0.308 e. The van der Waals surface area contributed by atoms with Crippen molar-refractivity contribution in [1.82, 2.24) is 4.90 Å². The van der Waals surface area contributed by atoms with Crippen molar-refractivity contribution in [3.05, 3.63) is 24.3 Å². The maximum absolute atomic E-state index is 12.8. The summed E-state index contributed by atoms with van der Waals surface area (Å²) in [6, 6.07) is 6.29. The van der Waals surface area contributed by atoms with Gasteiger partial charge in [0.1, 0.15) is 15.3 Å². The first kappa shape index (κ1) is 20.8. The van der Waals surface area contributed by atoms with Gasteiger partial charge in [0.05, 0.1) is 17.9 Å². The van der Waals surface area contributed by atoms with Crippen molar-refractivity contribution in [1.29, 1.82) is 0 Å². The zero-order chi connectivity index (χ0) is 20.4. The second kappa shape index (κ2) is 8.59. The van der Waals surface area contributed by atoms with Crippen LogP contribution in [0, 0.1) is 0 Å². The molecule has 0 bridgehead atoms. The van der Waals surface area contributed by atoms with E-state index in [2.05, 4.69) is 0 Å². The zero-order valence-corrected chi connectivity index (χ0v) is 17.5. The Hall–Kier alpha value is -1.97. The lowest BCUT2D eigenvalue weighted by Gasteiger charge is -2.36. The van der Waals surface area contributed by atoms with Crippen molar-refractivity contribution < 1.29 is 23.9 Å². The Morgan fingerprint density at radius 3 is 2.36 bits per heavy atom. The van der Waals surface area contributed by atoms with E-state index in [9.17, 15) is 14.4 Å². The molecular weight excluding hydrogens is 400 g/mol. The van der Waals surface area contributed by atoms with Crippen molar-refractivity contribution >= 4 is 51.8 Å². The van der Waals surface area contributed by atoms with Gasteiger partial charge in [-0.3, -0.25) is 14.4 Å². The summed E-state index contributed by atoms with van der Waals surface area (Å²) in [5.41, 5.74) is 0.452. The molecule has 2 fully saturated rings. The third-order valence-electron chi connectivity index (χ3n) is 4.38. The van der Waals surface area contributed by atoms with Crippen molar-refractivity contribution in [3.63, 3.8) is 0 Å². The van der Waals surface area contributed by atoms with Crippen LogP contribution in [-0.2, 0) is 19.1 Å². The molecule has 0 aromatic heterocycles. The largest absolute Gasteiger partial charge is 0.427 e. The van der Waals surface area contributed by atoms with Gasteiger partial charge in [-0.1, -0.05) is 24.0 Å². The van der Waals surface area contributed by atoms with E-state index in [0.717, 1.165) is 0 Å². The van der Waals surface area contributed by atoms with Crippen molar-refractivity contribution in [3.8, 4) is 5.75 Å². The minimum absolute atomic E-state index is 0.0652. The molecule has 7 nitrogen and oxygen atoms in total. The van der Waals surface area contributed by atoms with Gasteiger partial charge < -0.3 is 14.4 Å². The first-order valence-electron chi connectivity index (χ1n) is 9.01. The number of esters is 1. The molecule has 3 rings (SSSR count). The number of hydrogen-bond acceptors (Lipinski definition) is 7. The Labute approximate surface area is 173 Å². The number of anilines is 1. The average Bonchev–Trinajstić information content (AvgIpc) is 2.88. The van der Waals surface area contributed by atoms with Gasteiger partial charge in [-0.05, 0) is 38.1 Å². The van der Waals surface area contributed by atoms with Crippen LogP contribution in [0.2, 0.25) is 0 Å². The van der Waals surface area contributed by atoms with E-state index in [1.54, 1.807) is 24.3 Å². The number of benzene rings is 1. The van der Waals surface area contributed by atoms with Crippen molar-refractivity contribution in [2.45, 2.75) is 44.6 Å². The molecule has 9 heteroatoms. The van der Waals surface area contributed by atoms with E-state index >= 15 is 0 Å². The number of amides is 2. The van der Waals surface area contributed by atoms with E-state index in [4.69, 9.17) is 21.7 Å². The minimum Gasteiger partial charge on any atom is -0.427 e. The number of carbonyl (C=O) groups is 3. The molecule has 150 valence electrons. The monoisotopic (exact) mass is 422 g/mol. The molecule has 0 spiro atoms. The van der Waals surface area contributed by atoms with Gasteiger partial charge in [-0.15, -0.1) is 0 Å². The maximum atomic E-state index is 12.8. The molecule has 0 aliphatic carbocycles. The van der Waals surface area contributed by atoms with Gasteiger partial charge in [0, 0.05) is 26.4 Å². The highest BCUT2D eigenvalue weighted by atomic mass is 32.2. The van der Waals surface area contributed by atoms with Crippen molar-refractivity contribution in [2.75, 3.05) is 18.0 Å². The molecule has 3 atom stereocenters. The van der Waals surface area contributed by atoms with Crippen LogP contribution in [0.3, 0.4) is 0 Å². The highest BCUT2D eigenvalue weighted by molar-refractivity contribution is 8.23. The number of ether oxygens (including phenoxy) is 2. The summed E-state index contributed by atoms with van der Waals surface area (Å²) in [7, 11) is 0. The number of morpholine rings is 1. The van der Waals surface area contributed by atoms with E-state index < -0.39 is 11.2 Å². The summed E-state index contributed by atoms with van der Waals surface area (Å²) in [5, 5.41) is -0.540. The molecule has 0 radical (unpaired) electrons. The average molecular weight is 423 g/mol. The highest BCUT2D eigenvalue weighted by Crippen LogP contribution is 2.32. The van der Waals surface area contributed by atoms with Gasteiger partial charge in [0.2, 0.25) is 11.8 Å². The summed E-state index contributed by atoms with van der Waals surface area (Å²) < 4.78 is 11.3. The summed E-state index contributed by atoms with van der Waals surface area (Å²) in [5.74, 6) is -0.628. The zero-order valence-electron chi connectivity index (χ0n) is 15.9. The molecule has 2 amide bonds. The second-order valence-electron chi connectivity index (χ2n) is 6.89. The van der Waals surface area contributed by atoms with Crippen LogP contribution in [0.25, 0.3) is 0 Å². The Morgan fingerprint density at radius 2 is 1.79 bits per heavy atom. The molecule has 2 heterocycles. The molecule has 2 saturated heterocycles. The SMILES string of the molecule is CC(=O)Oc1ccc(N2C(=O)C[C@@H](SC(=S)N3C[C@H](C)O[C@@H](C)C3)C2=O)cc1. The standard InChI is InChI=1S/C19H22N2O5S2/c1-11-9-20(10-12(2)25-11)19(27)28-16-8-17(23)21(18(16)24)14-4-6-15(7-5-14)26-13(3)22/h4-7,11-12,16H,8-10H2,1-3H3/t11-,12-,16+/m0/s1. The molecule has 2 aliphatic rings. The van der Waals surface area contributed by atoms with Gasteiger partial charge in [-0.2, -0.15) is 0 Å². The number of nitrogens with zero attached hydrogens (tertiary/aromatic N) is 2. The van der Waals surface area contributed by atoms with E-state index in [1.807, 2.05) is 18.7 Å². The van der Waals surface area contributed by atoms with Crippen LogP contribution in [-0.4, -0.2) is 57.6 Å². The fourth-order valence-corrected chi connectivity index (χ4v) is 4.79. The van der Waals surface area contributed by atoms with Crippen LogP contribution < -0.4 is 9.64 Å². The Kier molecular flexibility index (Phi) is 6.36. The van der Waals surface area contributed by atoms with Gasteiger partial charge >= 0.3 is 5.97 Å². The normalized spacial score (nSPS) is 25.2. The lowest BCUT2D eigenvalue weighted by Crippen LogP contribution is -2.47. The summed E-state index contributed by atoms with van der Waals surface area (Å²) in [6.07, 6.45) is 0.232. The molecule has 1 aromatic rings. The number of hydrogen-bond donors (Lipinski definition) is 0. The predicted molar refractivity (Wildman–Crippen MR) is 110 cm³/mol. The molecule has 0 N–H and O–H groups in total. The van der Waals surface area contributed by atoms with E-state index in [1.165, 1.54) is 23.6 Å². The van der Waals surface area contributed by atoms with Gasteiger partial charge in [-0.25, -0.2) is 4.90 Å². The van der Waals surface area contributed by atoms with Crippen LogP contribution >= 0.6 is 24.0 Å². The number of thioether (sulfide) groups is 1. The molecule has 1 aromatic carbocycles. The predicted octanol–water partition coefficient (Wildman–Crippen LogP) is 2.37. The fourth-order valence-electron chi connectivity index (χ4n) is 3.32. The smallest absolute Gasteiger partial charge is 0.308 e. The lowest BCUT2D eigenvalue weighted by atomic mass is 10.2. The topological polar surface area (TPSA) is 76.2 Å². The Balaban J connectivity index is 1.66. The third kappa shape index (κ3) is 4.71. The fraction of sp³-hybridized carbons (Fsp3) is 0.474. The summed E-state index contributed by atoms with van der Waals surface area (Å²) >= 11 is 6.78. The lowest BCUT2D eigenvalue weighted by molar-refractivity contribution is -0.132.